The van der Waals surface area contributed by atoms with Crippen molar-refractivity contribution >= 4 is 28.5 Å². The number of hydrogen-bond acceptors (Lipinski definition) is 1. The van der Waals surface area contributed by atoms with Gasteiger partial charge in [0.25, 0.3) is 0 Å². The summed E-state index contributed by atoms with van der Waals surface area (Å²) in [6.07, 6.45) is 6.84. The third-order valence-electron chi connectivity index (χ3n) is 4.92. The minimum atomic E-state index is 0.366. The van der Waals surface area contributed by atoms with E-state index in [1.165, 1.54) is 32.1 Å². The molecule has 0 heterocycles. The predicted molar refractivity (Wildman–Crippen MR) is 72.4 cm³/mol. The van der Waals surface area contributed by atoms with E-state index in [2.05, 4.69) is 27.9 Å². The van der Waals surface area contributed by atoms with Crippen molar-refractivity contribution < 1.29 is 4.79 Å². The highest BCUT2D eigenvalue weighted by Crippen LogP contribution is 2.56. The largest absolute Gasteiger partial charge is 0.355 e. The van der Waals surface area contributed by atoms with E-state index in [1.807, 2.05) is 0 Å². The van der Waals surface area contributed by atoms with Gasteiger partial charge in [-0.1, -0.05) is 22.6 Å². The molecule has 4 aliphatic carbocycles. The maximum atomic E-state index is 12.2. The summed E-state index contributed by atoms with van der Waals surface area (Å²) < 4.78 is 1.02. The van der Waals surface area contributed by atoms with E-state index in [4.69, 9.17) is 0 Å². The van der Waals surface area contributed by atoms with E-state index in [0.717, 1.165) is 34.6 Å². The molecule has 0 spiro atoms. The van der Waals surface area contributed by atoms with Gasteiger partial charge in [0.15, 0.2) is 0 Å². The maximum Gasteiger partial charge on any atom is 0.223 e. The van der Waals surface area contributed by atoms with Crippen molar-refractivity contribution in [3.05, 3.63) is 0 Å². The van der Waals surface area contributed by atoms with E-state index in [0.29, 0.717) is 11.8 Å². The van der Waals surface area contributed by atoms with Gasteiger partial charge in [0.2, 0.25) is 5.91 Å². The summed E-state index contributed by atoms with van der Waals surface area (Å²) in [5, 5.41) is 3.11. The number of alkyl halides is 1. The molecular formula is C13H20INO. The number of amides is 1. The second-order valence-corrected chi connectivity index (χ2v) is 7.02. The number of hydrogen-bond donors (Lipinski definition) is 1. The molecular weight excluding hydrogens is 313 g/mol. The molecule has 0 saturated heterocycles. The predicted octanol–water partition coefficient (Wildman–Crippen LogP) is 2.61. The lowest BCUT2D eigenvalue weighted by atomic mass is 9.51. The Hall–Kier alpha value is 0.200. The minimum absolute atomic E-state index is 0.366. The normalized spacial score (nSPS) is 44.7. The van der Waals surface area contributed by atoms with Crippen LogP contribution in [0.1, 0.15) is 32.1 Å². The van der Waals surface area contributed by atoms with E-state index < -0.39 is 0 Å². The highest BCUT2D eigenvalue weighted by atomic mass is 127. The van der Waals surface area contributed by atoms with Crippen LogP contribution in [0.4, 0.5) is 0 Å². The summed E-state index contributed by atoms with van der Waals surface area (Å²) in [6, 6.07) is 0. The summed E-state index contributed by atoms with van der Waals surface area (Å²) in [4.78, 5) is 12.2. The van der Waals surface area contributed by atoms with E-state index in [-0.39, 0.29) is 0 Å². The Kier molecular flexibility index (Phi) is 3.15. The Morgan fingerprint density at radius 2 is 1.62 bits per heavy atom. The van der Waals surface area contributed by atoms with Crippen LogP contribution >= 0.6 is 22.6 Å². The Balaban J connectivity index is 1.69. The molecule has 4 saturated carbocycles. The first-order valence-corrected chi connectivity index (χ1v) is 8.14. The van der Waals surface area contributed by atoms with Gasteiger partial charge in [-0.15, -0.1) is 0 Å². The molecule has 0 aromatic rings. The molecule has 0 aliphatic heterocycles. The fourth-order valence-corrected chi connectivity index (χ4v) is 4.91. The Morgan fingerprint density at radius 3 is 2.12 bits per heavy atom. The first kappa shape index (κ1) is 11.3. The third kappa shape index (κ3) is 1.89. The van der Waals surface area contributed by atoms with Gasteiger partial charge in [-0.25, -0.2) is 0 Å². The van der Waals surface area contributed by atoms with Gasteiger partial charge in [0.1, 0.15) is 0 Å². The highest BCUT2D eigenvalue weighted by molar-refractivity contribution is 14.1. The van der Waals surface area contributed by atoms with Crippen molar-refractivity contribution in [1.29, 1.82) is 0 Å². The SMILES string of the molecule is O=C(NCCI)C1C2CC3CC(C2)CC1C3. The van der Waals surface area contributed by atoms with Crippen LogP contribution in [-0.4, -0.2) is 16.9 Å². The molecule has 3 heteroatoms. The molecule has 0 aromatic carbocycles. The molecule has 2 nitrogen and oxygen atoms in total. The van der Waals surface area contributed by atoms with Gasteiger partial charge in [0.05, 0.1) is 0 Å². The first-order chi connectivity index (χ1) is 7.78. The molecule has 0 aromatic heterocycles. The molecule has 1 amide bonds. The Morgan fingerprint density at radius 1 is 1.06 bits per heavy atom. The van der Waals surface area contributed by atoms with Crippen molar-refractivity contribution in [1.82, 2.24) is 5.32 Å². The molecule has 4 rings (SSSR count). The van der Waals surface area contributed by atoms with Gasteiger partial charge in [0, 0.05) is 16.9 Å². The van der Waals surface area contributed by atoms with E-state index >= 15 is 0 Å². The molecule has 16 heavy (non-hydrogen) atoms. The quantitative estimate of drug-likeness (QED) is 0.624. The van der Waals surface area contributed by atoms with Gasteiger partial charge in [-0.3, -0.25) is 4.79 Å². The van der Waals surface area contributed by atoms with E-state index in [9.17, 15) is 4.79 Å². The number of carbonyl (C=O) groups excluding carboxylic acids is 1. The number of halogens is 1. The van der Waals surface area contributed by atoms with Crippen molar-refractivity contribution in [2.24, 2.45) is 29.6 Å². The summed E-state index contributed by atoms with van der Waals surface area (Å²) in [5.41, 5.74) is 0. The second-order valence-electron chi connectivity index (χ2n) is 5.94. The van der Waals surface area contributed by atoms with Crippen LogP contribution in [0.3, 0.4) is 0 Å². The summed E-state index contributed by atoms with van der Waals surface area (Å²) >= 11 is 2.32. The standard InChI is InChI=1S/C13H20INO/c14-1-2-15-13(16)12-10-4-8-3-9(6-10)7-11(12)5-8/h8-12H,1-7H2,(H,15,16). The van der Waals surface area contributed by atoms with Crippen LogP contribution in [0.2, 0.25) is 0 Å². The number of rotatable bonds is 3. The number of carbonyl (C=O) groups is 1. The average Bonchev–Trinajstić information content (AvgIpc) is 2.24. The Labute approximate surface area is 111 Å². The van der Waals surface area contributed by atoms with Crippen LogP contribution < -0.4 is 5.32 Å². The minimum Gasteiger partial charge on any atom is -0.355 e. The van der Waals surface area contributed by atoms with Gasteiger partial charge < -0.3 is 5.32 Å². The van der Waals surface area contributed by atoms with Crippen molar-refractivity contribution in [3.63, 3.8) is 0 Å². The van der Waals surface area contributed by atoms with Crippen molar-refractivity contribution in [2.45, 2.75) is 32.1 Å². The second kappa shape index (κ2) is 4.46. The number of nitrogens with one attached hydrogen (secondary N) is 1. The van der Waals surface area contributed by atoms with Crippen molar-refractivity contribution in [2.75, 3.05) is 11.0 Å². The Bertz CT molecular complexity index is 264. The lowest BCUT2D eigenvalue weighted by Gasteiger charge is -2.53. The highest BCUT2D eigenvalue weighted by Gasteiger charge is 2.50. The summed E-state index contributed by atoms with van der Waals surface area (Å²) in [6.45, 7) is 0.849. The molecule has 0 radical (unpaired) electrons. The van der Waals surface area contributed by atoms with Gasteiger partial charge >= 0.3 is 0 Å². The summed E-state index contributed by atoms with van der Waals surface area (Å²) in [5.74, 6) is 4.13. The average molecular weight is 333 g/mol. The smallest absolute Gasteiger partial charge is 0.223 e. The monoisotopic (exact) mass is 333 g/mol. The van der Waals surface area contributed by atoms with E-state index in [1.54, 1.807) is 0 Å². The first-order valence-electron chi connectivity index (χ1n) is 6.61. The zero-order valence-corrected chi connectivity index (χ0v) is 11.8. The topological polar surface area (TPSA) is 29.1 Å². The molecule has 1 N–H and O–H groups in total. The lowest BCUT2D eigenvalue weighted by Crippen LogP contribution is -2.51. The fourth-order valence-electron chi connectivity index (χ4n) is 4.64. The van der Waals surface area contributed by atoms with Crippen LogP contribution in [0.15, 0.2) is 0 Å². The van der Waals surface area contributed by atoms with Crippen LogP contribution in [0.5, 0.6) is 0 Å². The van der Waals surface area contributed by atoms with Crippen molar-refractivity contribution in [3.8, 4) is 0 Å². The zero-order chi connectivity index (χ0) is 11.1. The van der Waals surface area contributed by atoms with Gasteiger partial charge in [-0.2, -0.15) is 0 Å². The third-order valence-corrected chi connectivity index (χ3v) is 5.46. The van der Waals surface area contributed by atoms with Crippen LogP contribution in [-0.2, 0) is 4.79 Å². The molecule has 90 valence electrons. The summed E-state index contributed by atoms with van der Waals surface area (Å²) in [7, 11) is 0. The molecule has 4 aliphatic rings. The molecule has 0 unspecified atom stereocenters. The molecule has 4 bridgehead atoms. The fraction of sp³-hybridized carbons (Fsp3) is 0.923. The zero-order valence-electron chi connectivity index (χ0n) is 9.62. The molecule has 4 fully saturated rings. The molecule has 0 atom stereocenters. The lowest BCUT2D eigenvalue weighted by molar-refractivity contribution is -0.137. The van der Waals surface area contributed by atoms with Gasteiger partial charge in [-0.05, 0) is 55.8 Å². The maximum absolute atomic E-state index is 12.2. The van der Waals surface area contributed by atoms with Crippen LogP contribution in [0, 0.1) is 29.6 Å². The van der Waals surface area contributed by atoms with Crippen LogP contribution in [0.25, 0.3) is 0 Å².